The third-order valence-electron chi connectivity index (χ3n) is 2.10. The van der Waals surface area contributed by atoms with E-state index in [1.54, 1.807) is 0 Å². The highest BCUT2D eigenvalue weighted by Crippen LogP contribution is 2.38. The van der Waals surface area contributed by atoms with Crippen LogP contribution >= 0.6 is 11.8 Å². The van der Waals surface area contributed by atoms with Crippen molar-refractivity contribution in [2.45, 2.75) is 30.0 Å². The van der Waals surface area contributed by atoms with E-state index in [1.165, 1.54) is 18.9 Å². The highest BCUT2D eigenvalue weighted by atomic mass is 32.2. The summed E-state index contributed by atoms with van der Waals surface area (Å²) in [6.07, 6.45) is 0. The van der Waals surface area contributed by atoms with Gasteiger partial charge in [-0.2, -0.15) is 0 Å². The molecule has 0 amide bonds. The van der Waals surface area contributed by atoms with Crippen molar-refractivity contribution < 1.29 is 19.4 Å². The standard InChI is InChI=1S/C8H13NO4S/c1-8(2)4(7(12)13-3)9-5(14-8)6(10)11/h4-5,9H,1-3H3,(H,10,11)/t4-,5-/m0/s1. The lowest BCUT2D eigenvalue weighted by atomic mass is 10.0. The number of ether oxygens (including phenoxy) is 1. The molecular formula is C8H13NO4S. The summed E-state index contributed by atoms with van der Waals surface area (Å²) in [5.74, 6) is -1.39. The molecule has 0 spiro atoms. The van der Waals surface area contributed by atoms with Gasteiger partial charge >= 0.3 is 11.9 Å². The Bertz CT molecular complexity index is 266. The van der Waals surface area contributed by atoms with Crippen LogP contribution in [0.25, 0.3) is 0 Å². The molecule has 1 saturated heterocycles. The summed E-state index contributed by atoms with van der Waals surface area (Å²) in [7, 11) is 1.29. The number of carbonyl (C=O) groups is 2. The Labute approximate surface area is 86.2 Å². The zero-order valence-corrected chi connectivity index (χ0v) is 9.05. The maximum absolute atomic E-state index is 11.3. The molecular weight excluding hydrogens is 206 g/mol. The van der Waals surface area contributed by atoms with Gasteiger partial charge in [-0.05, 0) is 13.8 Å². The minimum atomic E-state index is -0.963. The molecule has 0 unspecified atom stereocenters. The molecule has 0 aromatic heterocycles. The van der Waals surface area contributed by atoms with Gasteiger partial charge in [-0.15, -0.1) is 11.8 Å². The van der Waals surface area contributed by atoms with Crippen molar-refractivity contribution in [1.29, 1.82) is 0 Å². The van der Waals surface area contributed by atoms with Crippen LogP contribution in [-0.2, 0) is 14.3 Å². The number of hydrogen-bond donors (Lipinski definition) is 2. The van der Waals surface area contributed by atoms with Gasteiger partial charge in [0.25, 0.3) is 0 Å². The summed E-state index contributed by atoms with van der Waals surface area (Å²) in [6.45, 7) is 3.63. The van der Waals surface area contributed by atoms with Crippen LogP contribution in [0.5, 0.6) is 0 Å². The molecule has 1 fully saturated rings. The lowest BCUT2D eigenvalue weighted by Gasteiger charge is -2.22. The van der Waals surface area contributed by atoms with Crippen molar-refractivity contribution in [3.8, 4) is 0 Å². The highest BCUT2D eigenvalue weighted by molar-refractivity contribution is 8.02. The average molecular weight is 219 g/mol. The molecule has 0 aliphatic carbocycles. The first-order valence-electron chi connectivity index (χ1n) is 4.13. The van der Waals surface area contributed by atoms with Gasteiger partial charge in [0.2, 0.25) is 0 Å². The van der Waals surface area contributed by atoms with Crippen LogP contribution in [0.15, 0.2) is 0 Å². The zero-order chi connectivity index (χ0) is 10.9. The average Bonchev–Trinajstić information content (AvgIpc) is 2.40. The van der Waals surface area contributed by atoms with E-state index >= 15 is 0 Å². The number of carboxylic acids is 1. The van der Waals surface area contributed by atoms with E-state index in [9.17, 15) is 9.59 Å². The Morgan fingerprint density at radius 2 is 2.07 bits per heavy atom. The Morgan fingerprint density at radius 3 is 2.43 bits per heavy atom. The van der Waals surface area contributed by atoms with Crippen molar-refractivity contribution in [2.75, 3.05) is 7.11 Å². The summed E-state index contributed by atoms with van der Waals surface area (Å²) in [4.78, 5) is 22.0. The molecule has 5 nitrogen and oxygen atoms in total. The lowest BCUT2D eigenvalue weighted by Crippen LogP contribution is -2.46. The molecule has 1 heterocycles. The predicted octanol–water partition coefficient (Wildman–Crippen LogP) is 0.0537. The first-order chi connectivity index (χ1) is 6.38. The summed E-state index contributed by atoms with van der Waals surface area (Å²) < 4.78 is 4.13. The van der Waals surface area contributed by atoms with Crippen molar-refractivity contribution in [3.05, 3.63) is 0 Å². The Kier molecular flexibility index (Phi) is 3.06. The second-order valence-electron chi connectivity index (χ2n) is 3.56. The van der Waals surface area contributed by atoms with Crippen molar-refractivity contribution in [2.24, 2.45) is 0 Å². The molecule has 0 radical (unpaired) electrons. The van der Waals surface area contributed by atoms with Gasteiger partial charge in [-0.1, -0.05) is 0 Å². The van der Waals surface area contributed by atoms with Crippen LogP contribution < -0.4 is 5.32 Å². The number of rotatable bonds is 2. The third kappa shape index (κ3) is 2.01. The third-order valence-corrected chi connectivity index (χ3v) is 3.51. The van der Waals surface area contributed by atoms with Crippen molar-refractivity contribution in [1.82, 2.24) is 5.32 Å². The molecule has 2 N–H and O–H groups in total. The van der Waals surface area contributed by atoms with Crippen LogP contribution in [0, 0.1) is 0 Å². The van der Waals surface area contributed by atoms with Gasteiger partial charge in [0, 0.05) is 4.75 Å². The van der Waals surface area contributed by atoms with Gasteiger partial charge in [0.05, 0.1) is 7.11 Å². The number of methoxy groups -OCH3 is 1. The molecule has 0 saturated carbocycles. The molecule has 1 aliphatic rings. The Balaban J connectivity index is 2.78. The maximum atomic E-state index is 11.3. The van der Waals surface area contributed by atoms with Crippen LogP contribution in [0.4, 0.5) is 0 Å². The Hall–Kier alpha value is -0.750. The number of carboxylic acid groups (broad SMARTS) is 1. The number of hydrogen-bond acceptors (Lipinski definition) is 5. The summed E-state index contributed by atoms with van der Waals surface area (Å²) >= 11 is 1.22. The van der Waals surface area contributed by atoms with E-state index in [1.807, 2.05) is 13.8 Å². The molecule has 2 atom stereocenters. The number of esters is 1. The maximum Gasteiger partial charge on any atom is 0.331 e. The van der Waals surface area contributed by atoms with Gasteiger partial charge < -0.3 is 9.84 Å². The highest BCUT2D eigenvalue weighted by Gasteiger charge is 2.48. The van der Waals surface area contributed by atoms with Crippen LogP contribution in [0.1, 0.15) is 13.8 Å². The van der Waals surface area contributed by atoms with E-state index in [4.69, 9.17) is 5.11 Å². The van der Waals surface area contributed by atoms with Crippen LogP contribution in [0.3, 0.4) is 0 Å². The zero-order valence-electron chi connectivity index (χ0n) is 8.23. The van der Waals surface area contributed by atoms with Gasteiger partial charge in [-0.25, -0.2) is 4.79 Å². The van der Waals surface area contributed by atoms with E-state index in [2.05, 4.69) is 10.1 Å². The molecule has 0 aromatic carbocycles. The number of nitrogens with one attached hydrogen (secondary N) is 1. The fourth-order valence-corrected chi connectivity index (χ4v) is 2.56. The second kappa shape index (κ2) is 3.78. The van der Waals surface area contributed by atoms with Crippen LogP contribution in [0.2, 0.25) is 0 Å². The van der Waals surface area contributed by atoms with E-state index in [0.717, 1.165) is 0 Å². The quantitative estimate of drug-likeness (QED) is 0.639. The summed E-state index contributed by atoms with van der Waals surface area (Å²) in [5, 5.41) is 10.8. The molecule has 1 aliphatic heterocycles. The predicted molar refractivity (Wildman–Crippen MR) is 52.0 cm³/mol. The SMILES string of the molecule is COC(=O)[C@@H]1N[C@H](C(=O)O)SC1(C)C. The monoisotopic (exact) mass is 219 g/mol. The summed E-state index contributed by atoms with van der Waals surface area (Å²) in [5.41, 5.74) is 0. The normalized spacial score (nSPS) is 29.9. The van der Waals surface area contributed by atoms with Crippen molar-refractivity contribution in [3.63, 3.8) is 0 Å². The number of thioether (sulfide) groups is 1. The first-order valence-corrected chi connectivity index (χ1v) is 5.01. The Morgan fingerprint density at radius 1 is 1.50 bits per heavy atom. The molecule has 0 bridgehead atoms. The van der Waals surface area contributed by atoms with Gasteiger partial charge in [0.1, 0.15) is 6.04 Å². The van der Waals surface area contributed by atoms with E-state index in [0.29, 0.717) is 0 Å². The second-order valence-corrected chi connectivity index (χ2v) is 5.32. The minimum absolute atomic E-state index is 0.425. The number of carbonyl (C=O) groups excluding carboxylic acids is 1. The fourth-order valence-electron chi connectivity index (χ4n) is 1.35. The number of aliphatic carboxylic acids is 1. The minimum Gasteiger partial charge on any atom is -0.479 e. The molecule has 80 valence electrons. The summed E-state index contributed by atoms with van der Waals surface area (Å²) in [6, 6.07) is -0.571. The van der Waals surface area contributed by atoms with Gasteiger partial charge in [-0.3, -0.25) is 10.1 Å². The van der Waals surface area contributed by atoms with Crippen molar-refractivity contribution >= 4 is 23.7 Å². The molecule has 6 heteroatoms. The molecule has 0 aromatic rings. The molecule has 14 heavy (non-hydrogen) atoms. The van der Waals surface area contributed by atoms with Gasteiger partial charge in [0.15, 0.2) is 5.37 Å². The molecule has 1 rings (SSSR count). The largest absolute Gasteiger partial charge is 0.479 e. The first kappa shape index (κ1) is 11.3. The van der Waals surface area contributed by atoms with Crippen LogP contribution in [-0.4, -0.2) is 40.3 Å². The lowest BCUT2D eigenvalue weighted by molar-refractivity contribution is -0.144. The topological polar surface area (TPSA) is 75.6 Å². The fraction of sp³-hybridized carbons (Fsp3) is 0.750. The van der Waals surface area contributed by atoms with E-state index in [-0.39, 0.29) is 0 Å². The van der Waals surface area contributed by atoms with E-state index < -0.39 is 28.1 Å². The smallest absolute Gasteiger partial charge is 0.331 e.